The second-order valence-electron chi connectivity index (χ2n) is 3.07. The number of hydrogen-bond donors (Lipinski definition) is 2. The Hall–Kier alpha value is -1.11. The van der Waals surface area contributed by atoms with Gasteiger partial charge in [0, 0.05) is 11.6 Å². The summed E-state index contributed by atoms with van der Waals surface area (Å²) in [6.45, 7) is -0.0186. The number of hydrogen-bond acceptors (Lipinski definition) is 3. The molecule has 16 heavy (non-hydrogen) atoms. The van der Waals surface area contributed by atoms with Crippen molar-refractivity contribution in [2.24, 2.45) is 0 Å². The summed E-state index contributed by atoms with van der Waals surface area (Å²) >= 11 is 5.81. The van der Waals surface area contributed by atoms with Crippen molar-refractivity contribution < 1.29 is 18.3 Å². The van der Waals surface area contributed by atoms with Crippen molar-refractivity contribution in [3.05, 3.63) is 34.9 Å². The Morgan fingerprint density at radius 2 is 2.00 bits per heavy atom. The Morgan fingerprint density at radius 3 is 2.56 bits per heavy atom. The number of nitrogens with one attached hydrogen (secondary N) is 1. The summed E-state index contributed by atoms with van der Waals surface area (Å²) in [4.78, 5) is 10.2. The molecule has 88 valence electrons. The third kappa shape index (κ3) is 4.18. The molecule has 0 atom stereocenters. The van der Waals surface area contributed by atoms with Crippen molar-refractivity contribution in [3.8, 4) is 0 Å². The zero-order valence-electron chi connectivity index (χ0n) is 8.18. The molecule has 0 radical (unpaired) electrons. The van der Waals surface area contributed by atoms with Gasteiger partial charge < -0.3 is 5.11 Å². The molecule has 0 bridgehead atoms. The fraction of sp³-hybridized carbons (Fsp3) is 0.222. The Bertz CT molecular complexity index is 486. The highest BCUT2D eigenvalue weighted by molar-refractivity contribution is 7.90. The van der Waals surface area contributed by atoms with E-state index in [0.29, 0.717) is 10.6 Å². The second-order valence-corrected chi connectivity index (χ2v) is 5.28. The molecule has 0 aliphatic heterocycles. The van der Waals surface area contributed by atoms with Gasteiger partial charge in [-0.3, -0.25) is 4.79 Å². The fourth-order valence-corrected chi connectivity index (χ4v) is 2.05. The molecular weight excluding hydrogens is 254 g/mol. The molecule has 0 fully saturated rings. The summed E-state index contributed by atoms with van der Waals surface area (Å²) in [5.41, 5.74) is 0.595. The average molecular weight is 264 g/mol. The SMILES string of the molecule is O=C(O)CS(=O)(=O)NCc1ccccc1Cl. The van der Waals surface area contributed by atoms with Crippen LogP contribution in [0.5, 0.6) is 0 Å². The maximum absolute atomic E-state index is 11.2. The van der Waals surface area contributed by atoms with Crippen molar-refractivity contribution in [2.45, 2.75) is 6.54 Å². The molecule has 0 spiro atoms. The standard InChI is InChI=1S/C9H10ClNO4S/c10-8-4-2-1-3-7(8)5-11-16(14,15)6-9(12)13/h1-4,11H,5-6H2,(H,12,13). The minimum absolute atomic E-state index is 0.0186. The van der Waals surface area contributed by atoms with Crippen LogP contribution >= 0.6 is 11.6 Å². The van der Waals surface area contributed by atoms with Gasteiger partial charge in [-0.15, -0.1) is 0 Å². The van der Waals surface area contributed by atoms with Gasteiger partial charge in [0.05, 0.1) is 0 Å². The van der Waals surface area contributed by atoms with Crippen molar-refractivity contribution in [3.63, 3.8) is 0 Å². The number of sulfonamides is 1. The first-order valence-corrected chi connectivity index (χ1v) is 6.36. The number of halogens is 1. The maximum atomic E-state index is 11.2. The Labute approximate surface area is 98.1 Å². The quantitative estimate of drug-likeness (QED) is 0.825. The summed E-state index contributed by atoms with van der Waals surface area (Å²) in [5, 5.41) is 8.79. The van der Waals surface area contributed by atoms with Gasteiger partial charge in [-0.1, -0.05) is 29.8 Å². The highest BCUT2D eigenvalue weighted by Gasteiger charge is 2.15. The van der Waals surface area contributed by atoms with Gasteiger partial charge in [0.15, 0.2) is 5.75 Å². The van der Waals surface area contributed by atoms with E-state index in [0.717, 1.165) is 0 Å². The largest absolute Gasteiger partial charge is 0.480 e. The molecule has 0 heterocycles. The maximum Gasteiger partial charge on any atom is 0.320 e. The Morgan fingerprint density at radius 1 is 1.38 bits per heavy atom. The summed E-state index contributed by atoms with van der Waals surface area (Å²) in [6.07, 6.45) is 0. The predicted molar refractivity (Wildman–Crippen MR) is 59.7 cm³/mol. The molecule has 0 aliphatic carbocycles. The topological polar surface area (TPSA) is 83.5 Å². The lowest BCUT2D eigenvalue weighted by Crippen LogP contribution is -2.29. The van der Waals surface area contributed by atoms with E-state index < -0.39 is 21.7 Å². The van der Waals surface area contributed by atoms with Crippen molar-refractivity contribution in [1.82, 2.24) is 4.72 Å². The first-order chi connectivity index (χ1) is 7.41. The zero-order chi connectivity index (χ0) is 12.2. The lowest BCUT2D eigenvalue weighted by molar-refractivity contribution is -0.134. The van der Waals surface area contributed by atoms with Crippen LogP contribution < -0.4 is 4.72 Å². The van der Waals surface area contributed by atoms with Crippen LogP contribution in [0.4, 0.5) is 0 Å². The molecule has 0 saturated carbocycles. The molecular formula is C9H10ClNO4S. The molecule has 0 amide bonds. The van der Waals surface area contributed by atoms with Gasteiger partial charge in [-0.2, -0.15) is 0 Å². The van der Waals surface area contributed by atoms with E-state index in [1.165, 1.54) is 0 Å². The molecule has 0 aromatic heterocycles. The predicted octanol–water partition coefficient (Wildman–Crippen LogP) is 0.844. The lowest BCUT2D eigenvalue weighted by Gasteiger charge is -2.05. The average Bonchev–Trinajstić information content (AvgIpc) is 2.14. The summed E-state index contributed by atoms with van der Waals surface area (Å²) in [5.74, 6) is -2.34. The van der Waals surface area contributed by atoms with Crippen LogP contribution in [-0.4, -0.2) is 25.2 Å². The van der Waals surface area contributed by atoms with Crippen LogP contribution in [0.2, 0.25) is 5.02 Å². The number of carboxylic acid groups (broad SMARTS) is 1. The van der Waals surface area contributed by atoms with E-state index in [1.54, 1.807) is 24.3 Å². The first kappa shape index (κ1) is 13.0. The van der Waals surface area contributed by atoms with Crippen LogP contribution in [-0.2, 0) is 21.4 Å². The summed E-state index contributed by atoms with van der Waals surface area (Å²) in [6, 6.07) is 6.72. The van der Waals surface area contributed by atoms with E-state index in [1.807, 2.05) is 0 Å². The van der Waals surface area contributed by atoms with Crippen molar-refractivity contribution in [1.29, 1.82) is 0 Å². The monoisotopic (exact) mass is 263 g/mol. The van der Waals surface area contributed by atoms with Gasteiger partial charge in [0.2, 0.25) is 10.0 Å². The van der Waals surface area contributed by atoms with E-state index in [9.17, 15) is 13.2 Å². The molecule has 1 aromatic rings. The summed E-state index contributed by atoms with van der Waals surface area (Å²) < 4.78 is 24.5. The van der Waals surface area contributed by atoms with Crippen molar-refractivity contribution in [2.75, 3.05) is 5.75 Å². The Balaban J connectivity index is 2.65. The molecule has 0 unspecified atom stereocenters. The smallest absolute Gasteiger partial charge is 0.320 e. The van der Waals surface area contributed by atoms with Gasteiger partial charge in [-0.25, -0.2) is 13.1 Å². The van der Waals surface area contributed by atoms with Gasteiger partial charge in [-0.05, 0) is 11.6 Å². The van der Waals surface area contributed by atoms with Crippen LogP contribution in [0, 0.1) is 0 Å². The number of carbonyl (C=O) groups is 1. The normalized spacial score (nSPS) is 11.3. The lowest BCUT2D eigenvalue weighted by atomic mass is 10.2. The molecule has 0 saturated heterocycles. The van der Waals surface area contributed by atoms with E-state index in [-0.39, 0.29) is 6.54 Å². The van der Waals surface area contributed by atoms with E-state index >= 15 is 0 Å². The molecule has 2 N–H and O–H groups in total. The first-order valence-electron chi connectivity index (χ1n) is 4.33. The Kier molecular flexibility index (Phi) is 4.28. The molecule has 0 aliphatic rings. The minimum atomic E-state index is -3.80. The fourth-order valence-electron chi connectivity index (χ4n) is 1.04. The zero-order valence-corrected chi connectivity index (χ0v) is 9.75. The van der Waals surface area contributed by atoms with Gasteiger partial charge >= 0.3 is 5.97 Å². The van der Waals surface area contributed by atoms with Gasteiger partial charge in [0.25, 0.3) is 0 Å². The number of rotatable bonds is 5. The van der Waals surface area contributed by atoms with Crippen LogP contribution in [0.3, 0.4) is 0 Å². The molecule has 1 rings (SSSR count). The molecule has 5 nitrogen and oxygen atoms in total. The number of benzene rings is 1. The van der Waals surface area contributed by atoms with Crippen molar-refractivity contribution >= 4 is 27.6 Å². The number of aliphatic carboxylic acids is 1. The third-order valence-corrected chi connectivity index (χ3v) is 3.33. The van der Waals surface area contributed by atoms with E-state index in [4.69, 9.17) is 16.7 Å². The van der Waals surface area contributed by atoms with Crippen LogP contribution in [0.15, 0.2) is 24.3 Å². The second kappa shape index (κ2) is 5.29. The summed E-state index contributed by atoms with van der Waals surface area (Å²) in [7, 11) is -3.80. The van der Waals surface area contributed by atoms with Crippen LogP contribution in [0.25, 0.3) is 0 Å². The highest BCUT2D eigenvalue weighted by Crippen LogP contribution is 2.14. The van der Waals surface area contributed by atoms with Gasteiger partial charge in [0.1, 0.15) is 0 Å². The molecule has 7 heteroatoms. The minimum Gasteiger partial charge on any atom is -0.480 e. The van der Waals surface area contributed by atoms with Crippen LogP contribution in [0.1, 0.15) is 5.56 Å². The highest BCUT2D eigenvalue weighted by atomic mass is 35.5. The number of carboxylic acids is 1. The molecule has 1 aromatic carbocycles. The third-order valence-electron chi connectivity index (χ3n) is 1.75. The van der Waals surface area contributed by atoms with E-state index in [2.05, 4.69) is 4.72 Å².